The van der Waals surface area contributed by atoms with Crippen molar-refractivity contribution in [2.45, 2.75) is 49.2 Å². The van der Waals surface area contributed by atoms with E-state index >= 15 is 0 Å². The number of rotatable bonds is 5. The summed E-state index contributed by atoms with van der Waals surface area (Å²) in [5.41, 5.74) is 2.89. The van der Waals surface area contributed by atoms with Crippen molar-refractivity contribution < 1.29 is 4.79 Å². The van der Waals surface area contributed by atoms with Crippen LogP contribution < -0.4 is 10.6 Å². The highest BCUT2D eigenvalue weighted by atomic mass is 16.2. The molecule has 2 fully saturated rings. The summed E-state index contributed by atoms with van der Waals surface area (Å²) in [6.45, 7) is 0. The summed E-state index contributed by atoms with van der Waals surface area (Å²) >= 11 is 0. The molecule has 0 aromatic heterocycles. The van der Waals surface area contributed by atoms with Crippen molar-refractivity contribution in [3.8, 4) is 0 Å². The van der Waals surface area contributed by atoms with Crippen molar-refractivity contribution in [3.63, 3.8) is 0 Å². The van der Waals surface area contributed by atoms with Gasteiger partial charge in [0.05, 0.1) is 11.6 Å². The predicted octanol–water partition coefficient (Wildman–Crippen LogP) is 4.77. The van der Waals surface area contributed by atoms with Gasteiger partial charge in [-0.3, -0.25) is 10.1 Å². The first-order chi connectivity index (χ1) is 14.7. The van der Waals surface area contributed by atoms with Gasteiger partial charge in [-0.1, -0.05) is 91.0 Å². The van der Waals surface area contributed by atoms with Gasteiger partial charge in [0.1, 0.15) is 0 Å². The molecule has 0 unspecified atom stereocenters. The average Bonchev–Trinajstić information content (AvgIpc) is 3.59. The zero-order valence-corrected chi connectivity index (χ0v) is 17.2. The molecule has 3 aromatic carbocycles. The van der Waals surface area contributed by atoms with Crippen LogP contribution in [0.15, 0.2) is 91.0 Å². The Kier molecular flexibility index (Phi) is 4.92. The Balaban J connectivity index is 1.65. The zero-order chi connectivity index (χ0) is 20.4. The molecule has 2 aliphatic rings. The van der Waals surface area contributed by atoms with Gasteiger partial charge in [-0.05, 0) is 48.8 Å². The van der Waals surface area contributed by atoms with Crippen molar-refractivity contribution >= 4 is 5.91 Å². The Bertz CT molecular complexity index is 900. The van der Waals surface area contributed by atoms with Crippen LogP contribution in [0, 0.1) is 0 Å². The van der Waals surface area contributed by atoms with Crippen LogP contribution in [0.25, 0.3) is 0 Å². The fourth-order valence-corrected chi connectivity index (χ4v) is 4.93. The molecule has 2 N–H and O–H groups in total. The molecule has 1 amide bonds. The molecule has 30 heavy (non-hydrogen) atoms. The van der Waals surface area contributed by atoms with E-state index < -0.39 is 5.54 Å². The molecule has 3 heteroatoms. The van der Waals surface area contributed by atoms with Crippen LogP contribution in [0.4, 0.5) is 0 Å². The van der Waals surface area contributed by atoms with Crippen molar-refractivity contribution in [2.24, 2.45) is 0 Å². The minimum Gasteiger partial charge on any atom is -0.349 e. The van der Waals surface area contributed by atoms with Crippen molar-refractivity contribution in [1.29, 1.82) is 0 Å². The Hall–Kier alpha value is -2.91. The van der Waals surface area contributed by atoms with Crippen LogP contribution in [-0.2, 0) is 10.3 Å². The standard InChI is InChI=1S/C27H28N2O/c30-25-24(17-10-18-26(29-25)19-20-26)28-27(21-11-4-1-5-12-21,22-13-6-2-7-14-22)23-15-8-3-9-16-23/h1-9,11-16,24,28H,10,17-20H2,(H,29,30)/t24-/m0/s1. The molecule has 0 radical (unpaired) electrons. The van der Waals surface area contributed by atoms with E-state index in [9.17, 15) is 4.79 Å². The summed E-state index contributed by atoms with van der Waals surface area (Å²) in [6.07, 6.45) is 5.23. The van der Waals surface area contributed by atoms with Gasteiger partial charge in [0, 0.05) is 5.54 Å². The first kappa shape index (κ1) is 19.1. The van der Waals surface area contributed by atoms with Crippen molar-refractivity contribution in [2.75, 3.05) is 0 Å². The fraction of sp³-hybridized carbons (Fsp3) is 0.296. The van der Waals surface area contributed by atoms with E-state index in [1.807, 2.05) is 18.2 Å². The molecule has 1 heterocycles. The van der Waals surface area contributed by atoms with E-state index in [1.165, 1.54) is 0 Å². The van der Waals surface area contributed by atoms with Crippen LogP contribution in [0.5, 0.6) is 0 Å². The maximum absolute atomic E-state index is 13.3. The lowest BCUT2D eigenvalue weighted by Gasteiger charge is -2.39. The summed E-state index contributed by atoms with van der Waals surface area (Å²) in [5.74, 6) is 0.136. The van der Waals surface area contributed by atoms with Gasteiger partial charge in [0.25, 0.3) is 0 Å². The molecule has 1 aliphatic carbocycles. The molecular formula is C27H28N2O. The maximum Gasteiger partial charge on any atom is 0.237 e. The first-order valence-electron chi connectivity index (χ1n) is 11.0. The van der Waals surface area contributed by atoms with E-state index in [2.05, 4.69) is 83.4 Å². The van der Waals surface area contributed by atoms with Gasteiger partial charge in [-0.2, -0.15) is 0 Å². The Morgan fingerprint density at radius 3 is 1.63 bits per heavy atom. The van der Waals surface area contributed by atoms with Crippen LogP contribution in [0.3, 0.4) is 0 Å². The fourth-order valence-electron chi connectivity index (χ4n) is 4.93. The number of nitrogens with one attached hydrogen (secondary N) is 2. The van der Waals surface area contributed by atoms with E-state index in [4.69, 9.17) is 0 Å². The van der Waals surface area contributed by atoms with E-state index in [0.717, 1.165) is 48.8 Å². The zero-order valence-electron chi connectivity index (χ0n) is 17.2. The second kappa shape index (κ2) is 7.73. The van der Waals surface area contributed by atoms with Gasteiger partial charge < -0.3 is 5.32 Å². The van der Waals surface area contributed by atoms with Gasteiger partial charge in [-0.25, -0.2) is 0 Å². The van der Waals surface area contributed by atoms with Gasteiger partial charge >= 0.3 is 0 Å². The normalized spacial score (nSPS) is 20.4. The number of amides is 1. The van der Waals surface area contributed by atoms with Gasteiger partial charge in [0.15, 0.2) is 0 Å². The number of carbonyl (C=O) groups is 1. The molecule has 1 saturated heterocycles. The molecule has 1 aliphatic heterocycles. The van der Waals surface area contributed by atoms with Crippen molar-refractivity contribution in [1.82, 2.24) is 10.6 Å². The number of benzene rings is 3. The second-order valence-electron chi connectivity index (χ2n) is 8.71. The summed E-state index contributed by atoms with van der Waals surface area (Å²) in [7, 11) is 0. The third-order valence-electron chi connectivity index (χ3n) is 6.72. The molecule has 152 valence electrons. The molecular weight excluding hydrogens is 368 g/mol. The largest absolute Gasteiger partial charge is 0.349 e. The Labute approximate surface area is 178 Å². The van der Waals surface area contributed by atoms with Crippen LogP contribution in [-0.4, -0.2) is 17.5 Å². The van der Waals surface area contributed by atoms with E-state index in [-0.39, 0.29) is 17.5 Å². The van der Waals surface area contributed by atoms with Gasteiger partial charge in [-0.15, -0.1) is 0 Å². The topological polar surface area (TPSA) is 41.1 Å². The molecule has 5 rings (SSSR count). The second-order valence-corrected chi connectivity index (χ2v) is 8.71. The molecule has 0 bridgehead atoms. The Morgan fingerprint density at radius 1 is 0.733 bits per heavy atom. The van der Waals surface area contributed by atoms with E-state index in [1.54, 1.807) is 0 Å². The highest BCUT2D eigenvalue weighted by Gasteiger charge is 2.48. The number of hydrogen-bond donors (Lipinski definition) is 2. The molecule has 3 nitrogen and oxygen atoms in total. The summed E-state index contributed by atoms with van der Waals surface area (Å²) < 4.78 is 0. The minimum atomic E-state index is -0.604. The summed E-state index contributed by atoms with van der Waals surface area (Å²) in [4.78, 5) is 13.3. The van der Waals surface area contributed by atoms with Crippen LogP contribution >= 0.6 is 0 Å². The highest BCUT2D eigenvalue weighted by molar-refractivity contribution is 5.83. The monoisotopic (exact) mass is 396 g/mol. The quantitative estimate of drug-likeness (QED) is 0.610. The third kappa shape index (κ3) is 3.44. The summed E-state index contributed by atoms with van der Waals surface area (Å²) in [5, 5.41) is 7.22. The predicted molar refractivity (Wildman–Crippen MR) is 120 cm³/mol. The molecule has 3 aromatic rings. The SMILES string of the molecule is O=C1NC2(CCC[C@@H]1NC(c1ccccc1)(c1ccccc1)c1ccccc1)CC2. The number of hydrogen-bond acceptors (Lipinski definition) is 2. The van der Waals surface area contributed by atoms with Gasteiger partial charge in [0.2, 0.25) is 5.91 Å². The lowest BCUT2D eigenvalue weighted by Crippen LogP contribution is -2.55. The van der Waals surface area contributed by atoms with Crippen molar-refractivity contribution in [3.05, 3.63) is 108 Å². The highest BCUT2D eigenvalue weighted by Crippen LogP contribution is 2.43. The molecule has 1 spiro atoms. The molecule has 1 saturated carbocycles. The minimum absolute atomic E-state index is 0.0718. The van der Waals surface area contributed by atoms with Crippen LogP contribution in [0.1, 0.15) is 48.8 Å². The lowest BCUT2D eigenvalue weighted by atomic mass is 9.76. The first-order valence-corrected chi connectivity index (χ1v) is 11.0. The average molecular weight is 397 g/mol. The lowest BCUT2D eigenvalue weighted by molar-refractivity contribution is -0.124. The number of carbonyl (C=O) groups excluding carboxylic acids is 1. The maximum atomic E-state index is 13.3. The Morgan fingerprint density at radius 2 is 1.20 bits per heavy atom. The smallest absolute Gasteiger partial charge is 0.237 e. The molecule has 1 atom stereocenters. The summed E-state index contributed by atoms with van der Waals surface area (Å²) in [6, 6.07) is 31.3. The van der Waals surface area contributed by atoms with E-state index in [0.29, 0.717) is 0 Å². The van der Waals surface area contributed by atoms with Crippen LogP contribution in [0.2, 0.25) is 0 Å². The third-order valence-corrected chi connectivity index (χ3v) is 6.72.